The van der Waals surface area contributed by atoms with Crippen LogP contribution >= 0.6 is 0 Å². The molecule has 1 heterocycles. The molecule has 0 spiro atoms. The summed E-state index contributed by atoms with van der Waals surface area (Å²) in [6.45, 7) is 2.80. The molecular weight excluding hydrogens is 350 g/mol. The summed E-state index contributed by atoms with van der Waals surface area (Å²) in [4.78, 5) is 14.9. The number of rotatable bonds is 6. The van der Waals surface area contributed by atoms with E-state index in [0.717, 1.165) is 5.56 Å². The molecule has 5 nitrogen and oxygen atoms in total. The van der Waals surface area contributed by atoms with Crippen molar-refractivity contribution in [2.24, 2.45) is 0 Å². The van der Waals surface area contributed by atoms with Crippen molar-refractivity contribution in [3.05, 3.63) is 65.7 Å². The van der Waals surface area contributed by atoms with Gasteiger partial charge in [0.15, 0.2) is 9.84 Å². The Morgan fingerprint density at radius 2 is 1.92 bits per heavy atom. The molecule has 1 fully saturated rings. The molecule has 0 saturated carbocycles. The topological polar surface area (TPSA) is 63.7 Å². The van der Waals surface area contributed by atoms with E-state index >= 15 is 0 Å². The highest BCUT2D eigenvalue weighted by Crippen LogP contribution is 2.23. The van der Waals surface area contributed by atoms with Crippen LogP contribution in [-0.2, 0) is 16.4 Å². The van der Waals surface area contributed by atoms with Crippen LogP contribution in [0.2, 0.25) is 0 Å². The maximum atomic E-state index is 13.2. The van der Waals surface area contributed by atoms with Crippen LogP contribution in [0.25, 0.3) is 0 Å². The first-order valence-electron chi connectivity index (χ1n) is 8.76. The molecule has 0 aliphatic carbocycles. The third-order valence-electron chi connectivity index (χ3n) is 4.50. The summed E-state index contributed by atoms with van der Waals surface area (Å²) < 4.78 is 29.4. The van der Waals surface area contributed by atoms with E-state index < -0.39 is 9.84 Å². The summed E-state index contributed by atoms with van der Waals surface area (Å²) in [6.07, 6.45) is 0.478. The van der Waals surface area contributed by atoms with Crippen LogP contribution in [0.4, 0.5) is 0 Å². The summed E-state index contributed by atoms with van der Waals surface area (Å²) in [7, 11) is -3.08. The third-order valence-corrected chi connectivity index (χ3v) is 6.25. The fourth-order valence-corrected chi connectivity index (χ4v) is 4.95. The highest BCUT2D eigenvalue weighted by atomic mass is 32.2. The van der Waals surface area contributed by atoms with Gasteiger partial charge in [-0.25, -0.2) is 8.42 Å². The Morgan fingerprint density at radius 3 is 2.58 bits per heavy atom. The second-order valence-electron chi connectivity index (χ2n) is 6.44. The average molecular weight is 373 g/mol. The van der Waals surface area contributed by atoms with E-state index in [9.17, 15) is 13.2 Å². The van der Waals surface area contributed by atoms with E-state index in [0.29, 0.717) is 30.9 Å². The Hall–Kier alpha value is -2.34. The number of carbonyl (C=O) groups is 1. The van der Waals surface area contributed by atoms with Crippen LogP contribution in [-0.4, -0.2) is 43.4 Å². The van der Waals surface area contributed by atoms with E-state index in [1.807, 2.05) is 43.3 Å². The van der Waals surface area contributed by atoms with Gasteiger partial charge in [-0.15, -0.1) is 0 Å². The molecule has 6 heteroatoms. The average Bonchev–Trinajstić information content (AvgIpc) is 3.00. The van der Waals surface area contributed by atoms with Crippen LogP contribution in [0.5, 0.6) is 5.75 Å². The van der Waals surface area contributed by atoms with Crippen molar-refractivity contribution < 1.29 is 17.9 Å². The normalized spacial score (nSPS) is 18.4. The van der Waals surface area contributed by atoms with Crippen molar-refractivity contribution in [3.8, 4) is 5.75 Å². The second-order valence-corrected chi connectivity index (χ2v) is 8.67. The fourth-order valence-electron chi connectivity index (χ4n) is 3.22. The first kappa shape index (κ1) is 18.5. The van der Waals surface area contributed by atoms with E-state index in [1.54, 1.807) is 23.1 Å². The first-order chi connectivity index (χ1) is 12.5. The number of ether oxygens (including phenoxy) is 1. The van der Waals surface area contributed by atoms with E-state index in [1.165, 1.54) is 0 Å². The zero-order chi connectivity index (χ0) is 18.6. The molecule has 0 bridgehead atoms. The number of hydrogen-bond acceptors (Lipinski definition) is 4. The molecule has 2 aromatic rings. The number of sulfone groups is 1. The Kier molecular flexibility index (Phi) is 5.61. The molecule has 0 radical (unpaired) electrons. The second kappa shape index (κ2) is 7.91. The van der Waals surface area contributed by atoms with Gasteiger partial charge in [-0.05, 0) is 37.1 Å². The summed E-state index contributed by atoms with van der Waals surface area (Å²) in [6, 6.07) is 16.4. The lowest BCUT2D eigenvalue weighted by Crippen LogP contribution is -2.40. The number of nitrogens with zero attached hydrogens (tertiary/aromatic N) is 1. The van der Waals surface area contributed by atoms with Gasteiger partial charge in [0, 0.05) is 18.2 Å². The monoisotopic (exact) mass is 373 g/mol. The SMILES string of the molecule is CCOc1cccc(C(=O)N(Cc2ccccc2)C2CCS(=O)(=O)C2)c1. The van der Waals surface area contributed by atoms with Crippen LogP contribution < -0.4 is 4.74 Å². The lowest BCUT2D eigenvalue weighted by molar-refractivity contribution is 0.0680. The lowest BCUT2D eigenvalue weighted by Gasteiger charge is -2.28. The van der Waals surface area contributed by atoms with E-state index in [2.05, 4.69) is 0 Å². The molecule has 1 aliphatic heterocycles. The van der Waals surface area contributed by atoms with Gasteiger partial charge < -0.3 is 9.64 Å². The lowest BCUT2D eigenvalue weighted by atomic mass is 10.1. The number of benzene rings is 2. The van der Waals surface area contributed by atoms with Crippen LogP contribution in [0.3, 0.4) is 0 Å². The van der Waals surface area contributed by atoms with Gasteiger partial charge in [0.2, 0.25) is 0 Å². The van der Waals surface area contributed by atoms with Crippen LogP contribution in [0.15, 0.2) is 54.6 Å². The molecule has 1 amide bonds. The van der Waals surface area contributed by atoms with Gasteiger partial charge in [-0.1, -0.05) is 36.4 Å². The maximum absolute atomic E-state index is 13.2. The number of hydrogen-bond donors (Lipinski definition) is 0. The summed E-state index contributed by atoms with van der Waals surface area (Å²) in [5.41, 5.74) is 1.49. The minimum absolute atomic E-state index is 0.0245. The van der Waals surface area contributed by atoms with Crippen LogP contribution in [0, 0.1) is 0 Å². The standard InChI is InChI=1S/C20H23NO4S/c1-2-25-19-10-6-9-17(13-19)20(22)21(14-16-7-4-3-5-8-16)18-11-12-26(23,24)15-18/h3-10,13,18H,2,11-12,14-15H2,1H3. The van der Waals surface area contributed by atoms with Gasteiger partial charge >= 0.3 is 0 Å². The molecule has 0 N–H and O–H groups in total. The molecule has 1 saturated heterocycles. The van der Waals surface area contributed by atoms with Crippen molar-refractivity contribution in [1.29, 1.82) is 0 Å². The smallest absolute Gasteiger partial charge is 0.254 e. The first-order valence-corrected chi connectivity index (χ1v) is 10.6. The molecule has 0 aromatic heterocycles. The largest absolute Gasteiger partial charge is 0.494 e. The third kappa shape index (κ3) is 4.43. The van der Waals surface area contributed by atoms with Crippen molar-refractivity contribution in [2.45, 2.75) is 25.9 Å². The highest BCUT2D eigenvalue weighted by Gasteiger charge is 2.35. The van der Waals surface area contributed by atoms with Gasteiger partial charge in [0.1, 0.15) is 5.75 Å². The van der Waals surface area contributed by atoms with Gasteiger partial charge in [-0.3, -0.25) is 4.79 Å². The minimum Gasteiger partial charge on any atom is -0.494 e. The quantitative estimate of drug-likeness (QED) is 0.781. The summed E-state index contributed by atoms with van der Waals surface area (Å²) >= 11 is 0. The van der Waals surface area contributed by atoms with Crippen LogP contribution in [0.1, 0.15) is 29.3 Å². The highest BCUT2D eigenvalue weighted by molar-refractivity contribution is 7.91. The Balaban J connectivity index is 1.89. The van der Waals surface area contributed by atoms with Crippen molar-refractivity contribution in [1.82, 2.24) is 4.90 Å². The van der Waals surface area contributed by atoms with Gasteiger partial charge in [-0.2, -0.15) is 0 Å². The number of carbonyl (C=O) groups excluding carboxylic acids is 1. The summed E-state index contributed by atoms with van der Waals surface area (Å²) in [5, 5.41) is 0. The maximum Gasteiger partial charge on any atom is 0.254 e. The van der Waals surface area contributed by atoms with E-state index in [-0.39, 0.29) is 23.5 Å². The molecular formula is C20H23NO4S. The predicted molar refractivity (Wildman–Crippen MR) is 101 cm³/mol. The Morgan fingerprint density at radius 1 is 1.15 bits per heavy atom. The minimum atomic E-state index is -3.08. The molecule has 138 valence electrons. The van der Waals surface area contributed by atoms with Crippen molar-refractivity contribution in [2.75, 3.05) is 18.1 Å². The number of amides is 1. The van der Waals surface area contributed by atoms with E-state index in [4.69, 9.17) is 4.74 Å². The Bertz CT molecular complexity index is 864. The molecule has 1 aliphatic rings. The Labute approximate surface area is 154 Å². The van der Waals surface area contributed by atoms with Gasteiger partial charge in [0.05, 0.1) is 18.1 Å². The predicted octanol–water partition coefficient (Wildman–Crippen LogP) is 2.91. The molecule has 2 aromatic carbocycles. The molecule has 3 rings (SSSR count). The zero-order valence-corrected chi connectivity index (χ0v) is 15.6. The zero-order valence-electron chi connectivity index (χ0n) is 14.8. The van der Waals surface area contributed by atoms with Gasteiger partial charge in [0.25, 0.3) is 5.91 Å². The fraction of sp³-hybridized carbons (Fsp3) is 0.350. The summed E-state index contributed by atoms with van der Waals surface area (Å²) in [5.74, 6) is 0.626. The molecule has 1 unspecified atom stereocenters. The molecule has 26 heavy (non-hydrogen) atoms. The van der Waals surface area contributed by atoms with Crippen molar-refractivity contribution in [3.63, 3.8) is 0 Å². The van der Waals surface area contributed by atoms with Crippen molar-refractivity contribution >= 4 is 15.7 Å². The molecule has 1 atom stereocenters.